The third-order valence-corrected chi connectivity index (χ3v) is 4.90. The average molecular weight is 196 g/mol. The average Bonchev–Trinajstić information content (AvgIpc) is 2.95. The van der Waals surface area contributed by atoms with Crippen LogP contribution in [0.15, 0.2) is 36.4 Å². The molecule has 0 radical (unpaired) electrons. The lowest BCUT2D eigenvalue weighted by atomic mass is 9.71. The number of rotatable bonds is 0. The number of allylic oxidation sites excluding steroid dienone is 2. The van der Waals surface area contributed by atoms with Crippen LogP contribution >= 0.6 is 0 Å². The standard InChI is InChI=1S/C15H16/c1-2-4-14-12(3-1)7-8-15(14)10-11-5-6-13(15)9-11/h1-6,11,13H,7-10H2. The fraction of sp³-hybridized carbons (Fsp3) is 0.467. The second-order valence-corrected chi connectivity index (χ2v) is 5.50. The van der Waals surface area contributed by atoms with Crippen LogP contribution < -0.4 is 0 Å². The van der Waals surface area contributed by atoms with Crippen molar-refractivity contribution in [3.63, 3.8) is 0 Å². The maximum absolute atomic E-state index is 2.50. The van der Waals surface area contributed by atoms with Crippen LogP contribution in [0.5, 0.6) is 0 Å². The van der Waals surface area contributed by atoms with Gasteiger partial charge >= 0.3 is 0 Å². The molecule has 0 saturated heterocycles. The minimum absolute atomic E-state index is 0.552. The van der Waals surface area contributed by atoms with E-state index in [9.17, 15) is 0 Å². The smallest absolute Gasteiger partial charge is 0.00274 e. The van der Waals surface area contributed by atoms with Gasteiger partial charge in [-0.2, -0.15) is 0 Å². The van der Waals surface area contributed by atoms with Crippen molar-refractivity contribution in [2.24, 2.45) is 11.8 Å². The minimum atomic E-state index is 0.552. The van der Waals surface area contributed by atoms with E-state index < -0.39 is 0 Å². The number of aryl methyl sites for hydroxylation is 1. The van der Waals surface area contributed by atoms with Crippen LogP contribution in [0.2, 0.25) is 0 Å². The first-order valence-corrected chi connectivity index (χ1v) is 6.15. The highest BCUT2D eigenvalue weighted by atomic mass is 14.5. The lowest BCUT2D eigenvalue weighted by molar-refractivity contribution is 0.355. The predicted octanol–water partition coefficient (Wildman–Crippen LogP) is 3.47. The Labute approximate surface area is 91.0 Å². The molecule has 0 aliphatic heterocycles. The van der Waals surface area contributed by atoms with E-state index in [1.807, 2.05) is 0 Å². The van der Waals surface area contributed by atoms with Gasteiger partial charge in [0.2, 0.25) is 0 Å². The molecule has 3 unspecified atom stereocenters. The minimum Gasteiger partial charge on any atom is -0.0851 e. The van der Waals surface area contributed by atoms with Crippen molar-refractivity contribution in [1.82, 2.24) is 0 Å². The zero-order valence-electron chi connectivity index (χ0n) is 8.95. The quantitative estimate of drug-likeness (QED) is 0.557. The van der Waals surface area contributed by atoms with Gasteiger partial charge in [-0.3, -0.25) is 0 Å². The summed E-state index contributed by atoms with van der Waals surface area (Å²) < 4.78 is 0. The van der Waals surface area contributed by atoms with Crippen molar-refractivity contribution >= 4 is 0 Å². The first-order chi connectivity index (χ1) is 7.38. The van der Waals surface area contributed by atoms with Gasteiger partial charge < -0.3 is 0 Å². The second-order valence-electron chi connectivity index (χ2n) is 5.50. The normalized spacial score (nSPS) is 40.3. The Balaban J connectivity index is 1.90. The molecule has 4 rings (SSSR count). The molecule has 1 aromatic carbocycles. The summed E-state index contributed by atoms with van der Waals surface area (Å²) in [6.07, 6.45) is 10.5. The van der Waals surface area contributed by atoms with Crippen LogP contribution in [0, 0.1) is 11.8 Å². The van der Waals surface area contributed by atoms with Crippen molar-refractivity contribution in [2.45, 2.75) is 31.1 Å². The lowest BCUT2D eigenvalue weighted by Crippen LogP contribution is -2.27. The summed E-state index contributed by atoms with van der Waals surface area (Å²) >= 11 is 0. The Hall–Kier alpha value is -1.04. The van der Waals surface area contributed by atoms with Gasteiger partial charge in [-0.1, -0.05) is 36.4 Å². The lowest BCUT2D eigenvalue weighted by Gasteiger charge is -2.32. The second kappa shape index (κ2) is 2.55. The molecule has 0 N–H and O–H groups in total. The molecule has 1 saturated carbocycles. The largest absolute Gasteiger partial charge is 0.0851 e. The van der Waals surface area contributed by atoms with Crippen molar-refractivity contribution in [3.8, 4) is 0 Å². The summed E-state index contributed by atoms with van der Waals surface area (Å²) in [5, 5.41) is 0. The van der Waals surface area contributed by atoms with Crippen LogP contribution in [0.1, 0.15) is 30.4 Å². The molecule has 76 valence electrons. The predicted molar refractivity (Wildman–Crippen MR) is 61.8 cm³/mol. The number of fused-ring (bicyclic) bond motifs is 5. The zero-order valence-corrected chi connectivity index (χ0v) is 8.95. The Kier molecular flexibility index (Phi) is 1.39. The van der Waals surface area contributed by atoms with E-state index >= 15 is 0 Å². The number of hydrogen-bond donors (Lipinski definition) is 0. The van der Waals surface area contributed by atoms with Crippen molar-refractivity contribution in [2.75, 3.05) is 0 Å². The van der Waals surface area contributed by atoms with E-state index in [2.05, 4.69) is 36.4 Å². The molecule has 1 fully saturated rings. The van der Waals surface area contributed by atoms with Gasteiger partial charge in [0.1, 0.15) is 0 Å². The molecule has 1 spiro atoms. The van der Waals surface area contributed by atoms with Crippen LogP contribution in [0.3, 0.4) is 0 Å². The van der Waals surface area contributed by atoms with Gasteiger partial charge in [0.15, 0.2) is 0 Å². The molecule has 15 heavy (non-hydrogen) atoms. The summed E-state index contributed by atoms with van der Waals surface area (Å²) in [6, 6.07) is 9.14. The Morgan fingerprint density at radius 3 is 2.87 bits per heavy atom. The van der Waals surface area contributed by atoms with Crippen LogP contribution in [0.25, 0.3) is 0 Å². The molecule has 1 aromatic rings. The van der Waals surface area contributed by atoms with E-state index in [1.165, 1.54) is 25.7 Å². The fourth-order valence-corrected chi connectivity index (χ4v) is 4.27. The Morgan fingerprint density at radius 2 is 2.07 bits per heavy atom. The molecular formula is C15H16. The Bertz CT molecular complexity index is 443. The van der Waals surface area contributed by atoms with Crippen LogP contribution in [-0.4, -0.2) is 0 Å². The number of benzene rings is 1. The van der Waals surface area contributed by atoms with Gasteiger partial charge in [0.05, 0.1) is 0 Å². The third-order valence-electron chi connectivity index (χ3n) is 4.90. The summed E-state index contributed by atoms with van der Waals surface area (Å²) in [6.45, 7) is 0. The maximum atomic E-state index is 2.50. The summed E-state index contributed by atoms with van der Waals surface area (Å²) in [7, 11) is 0. The third kappa shape index (κ3) is 0.884. The highest BCUT2D eigenvalue weighted by molar-refractivity contribution is 5.43. The van der Waals surface area contributed by atoms with Gasteiger partial charge in [0, 0.05) is 5.41 Å². The van der Waals surface area contributed by atoms with Gasteiger partial charge in [0.25, 0.3) is 0 Å². The van der Waals surface area contributed by atoms with E-state index in [4.69, 9.17) is 0 Å². The van der Waals surface area contributed by atoms with Crippen molar-refractivity contribution < 1.29 is 0 Å². The SMILES string of the molecule is C1=CC2CC1CC21CCc2ccccc21. The van der Waals surface area contributed by atoms with E-state index in [0.717, 1.165) is 11.8 Å². The summed E-state index contributed by atoms with van der Waals surface area (Å²) in [4.78, 5) is 0. The maximum Gasteiger partial charge on any atom is 0.00274 e. The molecule has 0 aromatic heterocycles. The molecule has 0 amide bonds. The molecule has 2 bridgehead atoms. The molecule has 3 aliphatic carbocycles. The van der Waals surface area contributed by atoms with Crippen LogP contribution in [-0.2, 0) is 11.8 Å². The first-order valence-electron chi connectivity index (χ1n) is 6.15. The molecule has 0 heteroatoms. The van der Waals surface area contributed by atoms with E-state index in [-0.39, 0.29) is 0 Å². The van der Waals surface area contributed by atoms with Crippen molar-refractivity contribution in [1.29, 1.82) is 0 Å². The number of hydrogen-bond acceptors (Lipinski definition) is 0. The summed E-state index contributed by atoms with van der Waals surface area (Å²) in [5.74, 6) is 1.74. The first kappa shape index (κ1) is 8.15. The molecule has 3 aliphatic rings. The Morgan fingerprint density at radius 1 is 1.13 bits per heavy atom. The topological polar surface area (TPSA) is 0 Å². The highest BCUT2D eigenvalue weighted by Crippen LogP contribution is 2.58. The van der Waals surface area contributed by atoms with Crippen LogP contribution in [0.4, 0.5) is 0 Å². The monoisotopic (exact) mass is 196 g/mol. The molecule has 0 nitrogen and oxygen atoms in total. The van der Waals surface area contributed by atoms with Gasteiger partial charge in [-0.05, 0) is 48.6 Å². The van der Waals surface area contributed by atoms with E-state index in [1.54, 1.807) is 11.1 Å². The summed E-state index contributed by atoms with van der Waals surface area (Å²) in [5.41, 5.74) is 3.86. The zero-order chi connectivity index (χ0) is 9.88. The van der Waals surface area contributed by atoms with Gasteiger partial charge in [-0.25, -0.2) is 0 Å². The molecular weight excluding hydrogens is 180 g/mol. The molecule has 3 atom stereocenters. The van der Waals surface area contributed by atoms with E-state index in [0.29, 0.717) is 5.41 Å². The molecule has 0 heterocycles. The van der Waals surface area contributed by atoms with Crippen molar-refractivity contribution in [3.05, 3.63) is 47.5 Å². The fourth-order valence-electron chi connectivity index (χ4n) is 4.27. The van der Waals surface area contributed by atoms with Gasteiger partial charge in [-0.15, -0.1) is 0 Å². The highest BCUT2D eigenvalue weighted by Gasteiger charge is 2.51.